The van der Waals surface area contributed by atoms with Gasteiger partial charge in [0, 0.05) is 19.3 Å². The van der Waals surface area contributed by atoms with Crippen molar-refractivity contribution in [3.05, 3.63) is 29.8 Å². The van der Waals surface area contributed by atoms with Gasteiger partial charge in [-0.2, -0.15) is 0 Å². The van der Waals surface area contributed by atoms with Crippen LogP contribution in [0.2, 0.25) is 0 Å². The lowest BCUT2D eigenvalue weighted by Crippen LogP contribution is -2.37. The van der Waals surface area contributed by atoms with Gasteiger partial charge in [-0.05, 0) is 31.5 Å². The summed E-state index contributed by atoms with van der Waals surface area (Å²) < 4.78 is 0. The van der Waals surface area contributed by atoms with E-state index in [-0.39, 0.29) is 6.03 Å². The van der Waals surface area contributed by atoms with Gasteiger partial charge >= 0.3 is 6.03 Å². The summed E-state index contributed by atoms with van der Waals surface area (Å²) in [7, 11) is 1.76. The summed E-state index contributed by atoms with van der Waals surface area (Å²) >= 11 is 0. The standard InChI is InChI=1S/C11H16N2O/c1-4-12-11(14)13(3)10-7-5-6-9(2)8-10/h5-8H,4H2,1-3H3,(H,12,14). The lowest BCUT2D eigenvalue weighted by atomic mass is 10.2. The molecule has 1 N–H and O–H groups in total. The smallest absolute Gasteiger partial charge is 0.321 e. The molecular weight excluding hydrogens is 176 g/mol. The maximum Gasteiger partial charge on any atom is 0.321 e. The van der Waals surface area contributed by atoms with E-state index in [9.17, 15) is 4.79 Å². The van der Waals surface area contributed by atoms with Crippen LogP contribution in [0.5, 0.6) is 0 Å². The normalized spacial score (nSPS) is 9.64. The average Bonchev–Trinajstić information content (AvgIpc) is 2.17. The zero-order chi connectivity index (χ0) is 10.6. The Morgan fingerprint density at radius 1 is 1.50 bits per heavy atom. The van der Waals surface area contributed by atoms with Crippen LogP contribution in [0.1, 0.15) is 12.5 Å². The van der Waals surface area contributed by atoms with Gasteiger partial charge in [-0.1, -0.05) is 12.1 Å². The van der Waals surface area contributed by atoms with E-state index in [4.69, 9.17) is 0 Å². The second-order valence-corrected chi connectivity index (χ2v) is 3.23. The van der Waals surface area contributed by atoms with Crippen LogP contribution in [0.4, 0.5) is 10.5 Å². The molecule has 0 saturated carbocycles. The van der Waals surface area contributed by atoms with E-state index in [2.05, 4.69) is 5.32 Å². The predicted octanol–water partition coefficient (Wildman–Crippen LogP) is 2.16. The lowest BCUT2D eigenvalue weighted by Gasteiger charge is -2.17. The van der Waals surface area contributed by atoms with Crippen molar-refractivity contribution in [3.63, 3.8) is 0 Å². The molecular formula is C11H16N2O. The summed E-state index contributed by atoms with van der Waals surface area (Å²) in [5.41, 5.74) is 2.06. The molecule has 0 fully saturated rings. The quantitative estimate of drug-likeness (QED) is 0.765. The van der Waals surface area contributed by atoms with Gasteiger partial charge in [0.2, 0.25) is 0 Å². The maximum atomic E-state index is 11.5. The van der Waals surface area contributed by atoms with Gasteiger partial charge in [-0.15, -0.1) is 0 Å². The Hall–Kier alpha value is -1.51. The van der Waals surface area contributed by atoms with E-state index in [0.717, 1.165) is 11.3 Å². The predicted molar refractivity (Wildman–Crippen MR) is 58.7 cm³/mol. The van der Waals surface area contributed by atoms with Gasteiger partial charge in [-0.25, -0.2) is 4.79 Å². The van der Waals surface area contributed by atoms with Crippen LogP contribution >= 0.6 is 0 Å². The van der Waals surface area contributed by atoms with Crippen LogP contribution in [0, 0.1) is 6.92 Å². The minimum atomic E-state index is -0.0712. The van der Waals surface area contributed by atoms with Gasteiger partial charge < -0.3 is 5.32 Å². The number of nitrogens with one attached hydrogen (secondary N) is 1. The Bertz CT molecular complexity index is 323. The number of urea groups is 1. The fourth-order valence-corrected chi connectivity index (χ4v) is 1.22. The molecule has 1 aromatic carbocycles. The molecule has 1 aromatic rings. The fraction of sp³-hybridized carbons (Fsp3) is 0.364. The number of benzene rings is 1. The monoisotopic (exact) mass is 192 g/mol. The van der Waals surface area contributed by atoms with Crippen molar-refractivity contribution in [1.82, 2.24) is 5.32 Å². The van der Waals surface area contributed by atoms with E-state index in [1.54, 1.807) is 11.9 Å². The second-order valence-electron chi connectivity index (χ2n) is 3.23. The highest BCUT2D eigenvalue weighted by Gasteiger charge is 2.08. The van der Waals surface area contributed by atoms with E-state index < -0.39 is 0 Å². The van der Waals surface area contributed by atoms with Gasteiger partial charge in [0.15, 0.2) is 0 Å². The van der Waals surface area contributed by atoms with Crippen molar-refractivity contribution in [3.8, 4) is 0 Å². The largest absolute Gasteiger partial charge is 0.338 e. The van der Waals surface area contributed by atoms with Crippen molar-refractivity contribution in [2.75, 3.05) is 18.5 Å². The topological polar surface area (TPSA) is 32.3 Å². The van der Waals surface area contributed by atoms with Crippen molar-refractivity contribution < 1.29 is 4.79 Å². The SMILES string of the molecule is CCNC(=O)N(C)c1cccc(C)c1. The fourth-order valence-electron chi connectivity index (χ4n) is 1.22. The highest BCUT2D eigenvalue weighted by molar-refractivity contribution is 5.91. The van der Waals surface area contributed by atoms with Gasteiger partial charge in [0.25, 0.3) is 0 Å². The third-order valence-electron chi connectivity index (χ3n) is 2.02. The Balaban J connectivity index is 2.78. The molecule has 0 atom stereocenters. The van der Waals surface area contributed by atoms with Crippen LogP contribution in [0.25, 0.3) is 0 Å². The number of hydrogen-bond donors (Lipinski definition) is 1. The van der Waals surface area contributed by atoms with E-state index >= 15 is 0 Å². The third kappa shape index (κ3) is 2.49. The zero-order valence-corrected chi connectivity index (χ0v) is 8.87. The van der Waals surface area contributed by atoms with Crippen molar-refractivity contribution in [2.45, 2.75) is 13.8 Å². The van der Waals surface area contributed by atoms with Gasteiger partial charge in [0.05, 0.1) is 0 Å². The van der Waals surface area contributed by atoms with Crippen molar-refractivity contribution >= 4 is 11.7 Å². The number of aryl methyl sites for hydroxylation is 1. The molecule has 3 nitrogen and oxygen atoms in total. The molecule has 14 heavy (non-hydrogen) atoms. The minimum absolute atomic E-state index is 0.0712. The molecule has 0 saturated heterocycles. The van der Waals surface area contributed by atoms with Crippen molar-refractivity contribution in [1.29, 1.82) is 0 Å². The Kier molecular flexibility index (Phi) is 3.51. The van der Waals surface area contributed by atoms with Crippen LogP contribution in [0.15, 0.2) is 24.3 Å². The summed E-state index contributed by atoms with van der Waals surface area (Å²) in [6.45, 7) is 4.56. The number of amides is 2. The molecule has 2 amide bonds. The first-order valence-electron chi connectivity index (χ1n) is 4.73. The number of hydrogen-bond acceptors (Lipinski definition) is 1. The first-order chi connectivity index (χ1) is 6.65. The highest BCUT2D eigenvalue weighted by Crippen LogP contribution is 2.13. The molecule has 0 heterocycles. The van der Waals surface area contributed by atoms with Crippen LogP contribution in [0.3, 0.4) is 0 Å². The molecule has 0 aliphatic heterocycles. The number of rotatable bonds is 2. The molecule has 0 aliphatic rings. The zero-order valence-electron chi connectivity index (χ0n) is 8.87. The summed E-state index contributed by atoms with van der Waals surface area (Å²) in [4.78, 5) is 13.1. The molecule has 3 heteroatoms. The molecule has 76 valence electrons. The average molecular weight is 192 g/mol. The molecule has 0 spiro atoms. The number of carbonyl (C=O) groups is 1. The number of carbonyl (C=O) groups excluding carboxylic acids is 1. The van der Waals surface area contributed by atoms with Gasteiger partial charge in [-0.3, -0.25) is 4.90 Å². The lowest BCUT2D eigenvalue weighted by molar-refractivity contribution is 0.248. The number of nitrogens with zero attached hydrogens (tertiary/aromatic N) is 1. The van der Waals surface area contributed by atoms with Crippen molar-refractivity contribution in [2.24, 2.45) is 0 Å². The molecule has 0 unspecified atom stereocenters. The Morgan fingerprint density at radius 3 is 2.79 bits per heavy atom. The Labute approximate surface area is 84.7 Å². The van der Waals surface area contributed by atoms with Crippen LogP contribution in [-0.4, -0.2) is 19.6 Å². The summed E-state index contributed by atoms with van der Waals surface area (Å²) in [5.74, 6) is 0. The molecule has 0 aliphatic carbocycles. The summed E-state index contributed by atoms with van der Waals surface area (Å²) in [6.07, 6.45) is 0. The molecule has 0 aromatic heterocycles. The number of anilines is 1. The first kappa shape index (κ1) is 10.6. The molecule has 1 rings (SSSR count). The first-order valence-corrected chi connectivity index (χ1v) is 4.73. The molecule has 0 radical (unpaired) electrons. The summed E-state index contributed by atoms with van der Waals surface area (Å²) in [5, 5.41) is 2.75. The Morgan fingerprint density at radius 2 is 2.21 bits per heavy atom. The molecule has 0 bridgehead atoms. The highest BCUT2D eigenvalue weighted by atomic mass is 16.2. The second kappa shape index (κ2) is 4.65. The van der Waals surface area contributed by atoms with E-state index in [1.165, 1.54) is 0 Å². The van der Waals surface area contributed by atoms with Crippen LogP contribution in [-0.2, 0) is 0 Å². The minimum Gasteiger partial charge on any atom is -0.338 e. The maximum absolute atomic E-state index is 11.5. The summed E-state index contributed by atoms with van der Waals surface area (Å²) in [6, 6.07) is 7.78. The third-order valence-corrected chi connectivity index (χ3v) is 2.02. The van der Waals surface area contributed by atoms with Crippen LogP contribution < -0.4 is 10.2 Å². The van der Waals surface area contributed by atoms with Gasteiger partial charge in [0.1, 0.15) is 0 Å². The van der Waals surface area contributed by atoms with E-state index in [1.807, 2.05) is 38.1 Å². The van der Waals surface area contributed by atoms with E-state index in [0.29, 0.717) is 6.54 Å².